The lowest BCUT2D eigenvalue weighted by Crippen LogP contribution is -2.26. The predicted molar refractivity (Wildman–Crippen MR) is 147 cm³/mol. The van der Waals surface area contributed by atoms with Crippen LogP contribution in [0.5, 0.6) is 5.75 Å². The monoisotopic (exact) mass is 525 g/mol. The van der Waals surface area contributed by atoms with Crippen LogP contribution in [0.1, 0.15) is 34.0 Å². The largest absolute Gasteiger partial charge is 0.508 e. The molecule has 0 radical (unpaired) electrons. The molecule has 0 aliphatic rings. The minimum absolute atomic E-state index is 0.0984. The molecule has 39 heavy (non-hydrogen) atoms. The van der Waals surface area contributed by atoms with E-state index >= 15 is 0 Å². The van der Waals surface area contributed by atoms with Gasteiger partial charge in [-0.05, 0) is 44.2 Å². The number of nitro benzene ring substituents is 1. The van der Waals surface area contributed by atoms with E-state index in [4.69, 9.17) is 0 Å². The quantitative estimate of drug-likeness (QED) is 0.265. The topological polar surface area (TPSA) is 117 Å². The minimum Gasteiger partial charge on any atom is -0.508 e. The number of aromatic nitrogens is 4. The lowest BCUT2D eigenvalue weighted by atomic mass is 9.84. The zero-order valence-electron chi connectivity index (χ0n) is 21.9. The predicted octanol–water partition coefficient (Wildman–Crippen LogP) is 4.08. The van der Waals surface area contributed by atoms with Crippen LogP contribution >= 0.6 is 0 Å². The molecule has 5 rings (SSSR count). The molecule has 198 valence electrons. The standard InChI is InChI=1S/C29H27N5O5/c1-18-25(28(36)32(30(18)3)20-11-7-5-8-12-20)27(23-17-22(34(38)39)15-16-24(23)35)26-19(2)31(4)33(29(26)37)21-13-9-6-10-14-21/h5-17,27,35H,1-4H3. The van der Waals surface area contributed by atoms with E-state index in [1.165, 1.54) is 27.6 Å². The summed E-state index contributed by atoms with van der Waals surface area (Å²) in [4.78, 5) is 39.4. The summed E-state index contributed by atoms with van der Waals surface area (Å²) >= 11 is 0. The molecule has 0 spiro atoms. The summed E-state index contributed by atoms with van der Waals surface area (Å²) in [7, 11) is 3.47. The van der Waals surface area contributed by atoms with Gasteiger partial charge < -0.3 is 5.11 Å². The lowest BCUT2D eigenvalue weighted by molar-refractivity contribution is -0.384. The normalized spacial score (nSPS) is 11.3. The van der Waals surface area contributed by atoms with E-state index in [-0.39, 0.29) is 28.1 Å². The molecule has 0 saturated heterocycles. The van der Waals surface area contributed by atoms with Crippen LogP contribution in [0.2, 0.25) is 0 Å². The van der Waals surface area contributed by atoms with Crippen molar-refractivity contribution < 1.29 is 10.0 Å². The fourth-order valence-electron chi connectivity index (χ4n) is 5.18. The number of hydrogen-bond donors (Lipinski definition) is 1. The average molecular weight is 526 g/mol. The molecule has 0 unspecified atom stereocenters. The first kappa shape index (κ1) is 25.5. The van der Waals surface area contributed by atoms with E-state index in [1.54, 1.807) is 61.6 Å². The van der Waals surface area contributed by atoms with Crippen LogP contribution in [-0.4, -0.2) is 28.8 Å². The highest BCUT2D eigenvalue weighted by Gasteiger charge is 2.35. The van der Waals surface area contributed by atoms with Crippen molar-refractivity contribution in [2.45, 2.75) is 19.8 Å². The minimum atomic E-state index is -1.09. The van der Waals surface area contributed by atoms with Gasteiger partial charge in [0.15, 0.2) is 0 Å². The highest BCUT2D eigenvalue weighted by atomic mass is 16.6. The molecule has 0 atom stereocenters. The summed E-state index contributed by atoms with van der Waals surface area (Å²) in [5, 5.41) is 22.7. The van der Waals surface area contributed by atoms with Crippen molar-refractivity contribution >= 4 is 5.69 Å². The Hall–Kier alpha value is -5.12. The number of phenols is 1. The number of non-ortho nitro benzene ring substituents is 1. The number of nitro groups is 1. The maximum absolute atomic E-state index is 14.1. The van der Waals surface area contributed by atoms with Crippen LogP contribution < -0.4 is 11.1 Å². The number of hydrogen-bond acceptors (Lipinski definition) is 5. The Balaban J connectivity index is 1.89. The Labute approximate surface area is 223 Å². The first-order valence-corrected chi connectivity index (χ1v) is 12.3. The lowest BCUT2D eigenvalue weighted by Gasteiger charge is -2.17. The molecular formula is C29H27N5O5. The number of rotatable bonds is 6. The van der Waals surface area contributed by atoms with E-state index in [0.717, 1.165) is 0 Å². The van der Waals surface area contributed by atoms with Crippen molar-refractivity contribution in [2.24, 2.45) is 14.1 Å². The third kappa shape index (κ3) is 4.06. The third-order valence-electron chi connectivity index (χ3n) is 7.31. The molecule has 3 aromatic carbocycles. The summed E-state index contributed by atoms with van der Waals surface area (Å²) in [6.45, 7) is 3.51. The van der Waals surface area contributed by atoms with Gasteiger partial charge in [-0.3, -0.25) is 29.1 Å². The fraction of sp³-hybridized carbons (Fsp3) is 0.172. The zero-order valence-corrected chi connectivity index (χ0v) is 21.9. The SMILES string of the molecule is Cc1c(C(c2cc([N+](=O)[O-])ccc2O)c2c(C)n(C)n(-c3ccccc3)c2=O)c(=O)n(-c2ccccc2)n1C. The summed E-state index contributed by atoms with van der Waals surface area (Å²) in [5.41, 5.74) is 1.86. The summed E-state index contributed by atoms with van der Waals surface area (Å²) < 4.78 is 6.34. The molecule has 0 aliphatic heterocycles. The van der Waals surface area contributed by atoms with E-state index < -0.39 is 22.0 Å². The van der Waals surface area contributed by atoms with Crippen molar-refractivity contribution in [1.29, 1.82) is 0 Å². The molecule has 2 heterocycles. The van der Waals surface area contributed by atoms with Gasteiger partial charge in [0.1, 0.15) is 5.75 Å². The molecule has 10 nitrogen and oxygen atoms in total. The number of benzene rings is 3. The molecule has 0 amide bonds. The fourth-order valence-corrected chi connectivity index (χ4v) is 5.18. The van der Waals surface area contributed by atoms with Gasteiger partial charge in [-0.1, -0.05) is 36.4 Å². The highest BCUT2D eigenvalue weighted by Crippen LogP contribution is 2.39. The Morgan fingerprint density at radius 3 is 1.59 bits per heavy atom. The van der Waals surface area contributed by atoms with Crippen LogP contribution in [0.4, 0.5) is 5.69 Å². The van der Waals surface area contributed by atoms with Gasteiger partial charge in [-0.2, -0.15) is 0 Å². The van der Waals surface area contributed by atoms with Gasteiger partial charge in [-0.15, -0.1) is 0 Å². The Bertz CT molecular complexity index is 1720. The van der Waals surface area contributed by atoms with Gasteiger partial charge in [0.05, 0.1) is 33.3 Å². The molecule has 0 fully saturated rings. The van der Waals surface area contributed by atoms with Crippen molar-refractivity contribution in [3.8, 4) is 17.1 Å². The number of aromatic hydroxyl groups is 1. The molecule has 1 N–H and O–H groups in total. The van der Waals surface area contributed by atoms with Gasteiger partial charge >= 0.3 is 0 Å². The smallest absolute Gasteiger partial charge is 0.275 e. The molecule has 0 bridgehead atoms. The van der Waals surface area contributed by atoms with Crippen molar-refractivity contribution in [3.05, 3.63) is 138 Å². The van der Waals surface area contributed by atoms with Gasteiger partial charge in [-0.25, -0.2) is 9.36 Å². The summed E-state index contributed by atoms with van der Waals surface area (Å²) in [5.74, 6) is -1.34. The molecule has 0 saturated carbocycles. The Morgan fingerprint density at radius 2 is 1.18 bits per heavy atom. The maximum Gasteiger partial charge on any atom is 0.275 e. The second-order valence-electron chi connectivity index (χ2n) is 9.38. The van der Waals surface area contributed by atoms with Crippen LogP contribution in [-0.2, 0) is 14.1 Å². The number of nitrogens with zero attached hydrogens (tertiary/aromatic N) is 5. The molecule has 5 aromatic rings. The average Bonchev–Trinajstić information content (AvgIpc) is 3.28. The highest BCUT2D eigenvalue weighted by molar-refractivity contribution is 5.55. The summed E-state index contributed by atoms with van der Waals surface area (Å²) in [6, 6.07) is 21.8. The van der Waals surface area contributed by atoms with E-state index in [2.05, 4.69) is 0 Å². The number of phenolic OH excluding ortho intramolecular Hbond substituents is 1. The van der Waals surface area contributed by atoms with E-state index in [9.17, 15) is 24.8 Å². The second-order valence-corrected chi connectivity index (χ2v) is 9.38. The number of para-hydroxylation sites is 2. The van der Waals surface area contributed by atoms with Crippen LogP contribution in [0.15, 0.2) is 88.5 Å². The van der Waals surface area contributed by atoms with Gasteiger partial charge in [0.25, 0.3) is 16.8 Å². The van der Waals surface area contributed by atoms with Crippen LogP contribution in [0.25, 0.3) is 11.4 Å². The second kappa shape index (κ2) is 9.64. The third-order valence-corrected chi connectivity index (χ3v) is 7.31. The van der Waals surface area contributed by atoms with Gasteiger partial charge in [0, 0.05) is 43.2 Å². The maximum atomic E-state index is 14.1. The summed E-state index contributed by atoms with van der Waals surface area (Å²) in [6.07, 6.45) is 0. The van der Waals surface area contributed by atoms with Gasteiger partial charge in [0.2, 0.25) is 0 Å². The van der Waals surface area contributed by atoms with Crippen molar-refractivity contribution in [3.63, 3.8) is 0 Å². The van der Waals surface area contributed by atoms with Crippen LogP contribution in [0, 0.1) is 24.0 Å². The van der Waals surface area contributed by atoms with E-state index in [1.807, 2.05) is 36.4 Å². The zero-order chi connectivity index (χ0) is 28.0. The Kier molecular flexibility index (Phi) is 6.31. The van der Waals surface area contributed by atoms with E-state index in [0.29, 0.717) is 22.8 Å². The Morgan fingerprint density at radius 1 is 0.744 bits per heavy atom. The van der Waals surface area contributed by atoms with Crippen molar-refractivity contribution in [2.75, 3.05) is 0 Å². The first-order valence-electron chi connectivity index (χ1n) is 12.3. The molecular weight excluding hydrogens is 498 g/mol. The molecule has 10 heteroatoms. The molecule has 2 aromatic heterocycles. The molecule has 0 aliphatic carbocycles. The van der Waals surface area contributed by atoms with Crippen LogP contribution in [0.3, 0.4) is 0 Å². The van der Waals surface area contributed by atoms with Crippen molar-refractivity contribution in [1.82, 2.24) is 18.7 Å². The first-order chi connectivity index (χ1) is 18.6.